The third-order valence-electron chi connectivity index (χ3n) is 4.95. The summed E-state index contributed by atoms with van der Waals surface area (Å²) < 4.78 is 3.82. The molecule has 0 saturated heterocycles. The van der Waals surface area contributed by atoms with Crippen LogP contribution in [0.4, 0.5) is 0 Å². The fourth-order valence-corrected chi connectivity index (χ4v) is 3.83. The number of amides is 2. The van der Waals surface area contributed by atoms with Crippen molar-refractivity contribution in [3.05, 3.63) is 82.4 Å². The highest BCUT2D eigenvalue weighted by Gasteiger charge is 2.42. The molecule has 1 N–H and O–H groups in total. The Morgan fingerprint density at radius 2 is 1.97 bits per heavy atom. The van der Waals surface area contributed by atoms with Crippen LogP contribution in [-0.2, 0) is 11.3 Å². The zero-order valence-corrected chi connectivity index (χ0v) is 16.9. The van der Waals surface area contributed by atoms with Crippen molar-refractivity contribution >= 4 is 23.3 Å². The summed E-state index contributed by atoms with van der Waals surface area (Å²) in [5.74, 6) is -0.439. The second kappa shape index (κ2) is 8.53. The fraction of sp³-hybridized carbons (Fsp3) is 0.273. The van der Waals surface area contributed by atoms with Crippen LogP contribution in [0.2, 0.25) is 0 Å². The molecule has 29 heavy (non-hydrogen) atoms. The molecule has 2 amide bonds. The molecule has 2 aromatic carbocycles. The molecule has 1 atom stereocenters. The van der Waals surface area contributed by atoms with Crippen LogP contribution in [0.3, 0.4) is 0 Å². The third kappa shape index (κ3) is 4.51. The highest BCUT2D eigenvalue weighted by atomic mass is 32.1. The van der Waals surface area contributed by atoms with Crippen LogP contribution in [0.15, 0.2) is 60.0 Å². The molecule has 1 aliphatic carbocycles. The first kappa shape index (κ1) is 19.3. The lowest BCUT2D eigenvalue weighted by molar-refractivity contribution is -0.126. The number of nitrogens with one attached hydrogen (secondary N) is 1. The maximum atomic E-state index is 13.3. The maximum Gasteiger partial charge on any atom is 0.276 e. The summed E-state index contributed by atoms with van der Waals surface area (Å²) in [6.07, 6.45) is 1.77. The molecule has 0 aliphatic heterocycles. The van der Waals surface area contributed by atoms with Gasteiger partial charge in [0.2, 0.25) is 5.91 Å². The number of aromatic nitrogens is 2. The van der Waals surface area contributed by atoms with E-state index in [0.717, 1.165) is 41.1 Å². The molecule has 0 radical (unpaired) electrons. The summed E-state index contributed by atoms with van der Waals surface area (Å²) >= 11 is 1.13. The summed E-state index contributed by atoms with van der Waals surface area (Å²) in [5.41, 5.74) is 3.15. The molecule has 148 valence electrons. The molecule has 1 aromatic heterocycles. The SMILES string of the molecule is Cc1cccc([C@@H](C(=O)NCc2ccccc2)N(C(=O)c2csnn2)C2CC2)c1. The molecule has 3 aromatic rings. The number of carbonyl (C=O) groups is 2. The lowest BCUT2D eigenvalue weighted by Gasteiger charge is -2.31. The highest BCUT2D eigenvalue weighted by Crippen LogP contribution is 2.36. The van der Waals surface area contributed by atoms with Crippen LogP contribution in [0, 0.1) is 6.92 Å². The van der Waals surface area contributed by atoms with Gasteiger partial charge in [-0.05, 0) is 42.4 Å². The van der Waals surface area contributed by atoms with E-state index in [2.05, 4.69) is 14.9 Å². The molecule has 4 rings (SSSR count). The Labute approximate surface area is 173 Å². The minimum atomic E-state index is -0.708. The van der Waals surface area contributed by atoms with Crippen molar-refractivity contribution in [2.24, 2.45) is 0 Å². The van der Waals surface area contributed by atoms with Gasteiger partial charge in [0.1, 0.15) is 6.04 Å². The van der Waals surface area contributed by atoms with E-state index in [4.69, 9.17) is 0 Å². The zero-order chi connectivity index (χ0) is 20.2. The largest absolute Gasteiger partial charge is 0.350 e. The first-order chi connectivity index (χ1) is 14.1. The number of aryl methyl sites for hydroxylation is 1. The topological polar surface area (TPSA) is 75.2 Å². The Balaban J connectivity index is 1.65. The van der Waals surface area contributed by atoms with Gasteiger partial charge in [-0.25, -0.2) is 0 Å². The predicted octanol–water partition coefficient (Wildman–Crippen LogP) is 3.51. The average Bonchev–Trinajstić information content (AvgIpc) is 3.42. The summed E-state index contributed by atoms with van der Waals surface area (Å²) in [5, 5.41) is 8.59. The van der Waals surface area contributed by atoms with Crippen molar-refractivity contribution in [3.8, 4) is 0 Å². The van der Waals surface area contributed by atoms with E-state index in [1.165, 1.54) is 0 Å². The van der Waals surface area contributed by atoms with Crippen molar-refractivity contribution in [2.45, 2.75) is 38.4 Å². The maximum absolute atomic E-state index is 13.3. The van der Waals surface area contributed by atoms with Gasteiger partial charge in [-0.15, -0.1) is 5.10 Å². The molecule has 1 saturated carbocycles. The van der Waals surface area contributed by atoms with Gasteiger partial charge in [-0.3, -0.25) is 9.59 Å². The Morgan fingerprint density at radius 3 is 2.62 bits per heavy atom. The van der Waals surface area contributed by atoms with E-state index in [1.54, 1.807) is 10.3 Å². The molecular formula is C22H22N4O2S. The monoisotopic (exact) mass is 406 g/mol. The minimum absolute atomic E-state index is 0.0391. The molecule has 1 fully saturated rings. The summed E-state index contributed by atoms with van der Waals surface area (Å²) in [6.45, 7) is 2.39. The molecule has 7 heteroatoms. The van der Waals surface area contributed by atoms with Gasteiger partial charge in [-0.2, -0.15) is 0 Å². The first-order valence-electron chi connectivity index (χ1n) is 9.61. The second-order valence-corrected chi connectivity index (χ2v) is 7.86. The van der Waals surface area contributed by atoms with Gasteiger partial charge in [-0.1, -0.05) is 64.6 Å². The Hall–Kier alpha value is -3.06. The number of nitrogens with zero attached hydrogens (tertiary/aromatic N) is 3. The lowest BCUT2D eigenvalue weighted by atomic mass is 10.0. The van der Waals surface area contributed by atoms with Gasteiger partial charge >= 0.3 is 0 Å². The van der Waals surface area contributed by atoms with E-state index in [0.29, 0.717) is 6.54 Å². The molecule has 0 unspecified atom stereocenters. The first-order valence-corrected chi connectivity index (χ1v) is 10.4. The Bertz CT molecular complexity index is 987. The van der Waals surface area contributed by atoms with Crippen molar-refractivity contribution in [3.63, 3.8) is 0 Å². The number of rotatable bonds is 7. The van der Waals surface area contributed by atoms with Crippen LogP contribution < -0.4 is 5.32 Å². The van der Waals surface area contributed by atoms with Crippen molar-refractivity contribution in [2.75, 3.05) is 0 Å². The normalized spacial score (nSPS) is 14.2. The van der Waals surface area contributed by atoms with Crippen LogP contribution in [0.1, 0.15) is 46.1 Å². The fourth-order valence-electron chi connectivity index (χ4n) is 3.40. The zero-order valence-electron chi connectivity index (χ0n) is 16.1. The van der Waals surface area contributed by atoms with Crippen LogP contribution in [0.25, 0.3) is 0 Å². The van der Waals surface area contributed by atoms with Crippen molar-refractivity contribution in [1.82, 2.24) is 19.8 Å². The Morgan fingerprint density at radius 1 is 1.17 bits per heavy atom. The highest BCUT2D eigenvalue weighted by molar-refractivity contribution is 7.03. The van der Waals surface area contributed by atoms with Crippen molar-refractivity contribution < 1.29 is 9.59 Å². The third-order valence-corrected chi connectivity index (χ3v) is 5.45. The van der Waals surface area contributed by atoms with E-state index >= 15 is 0 Å². The smallest absolute Gasteiger partial charge is 0.276 e. The Kier molecular flexibility index (Phi) is 5.67. The molecule has 0 spiro atoms. The van der Waals surface area contributed by atoms with Gasteiger partial charge in [0.15, 0.2) is 5.69 Å². The van der Waals surface area contributed by atoms with Crippen LogP contribution >= 0.6 is 11.5 Å². The average molecular weight is 407 g/mol. The van der Waals surface area contributed by atoms with Crippen LogP contribution in [-0.4, -0.2) is 32.3 Å². The molecule has 6 nitrogen and oxygen atoms in total. The summed E-state index contributed by atoms with van der Waals surface area (Å²) in [4.78, 5) is 28.2. The van der Waals surface area contributed by atoms with Gasteiger partial charge in [0.25, 0.3) is 5.91 Å². The van der Waals surface area contributed by atoms with E-state index in [1.807, 2.05) is 61.5 Å². The number of carbonyl (C=O) groups excluding carboxylic acids is 2. The minimum Gasteiger partial charge on any atom is -0.350 e. The number of hydrogen-bond acceptors (Lipinski definition) is 5. The molecule has 1 heterocycles. The molecule has 1 aliphatic rings. The van der Waals surface area contributed by atoms with Gasteiger partial charge in [0.05, 0.1) is 0 Å². The molecular weight excluding hydrogens is 384 g/mol. The van der Waals surface area contributed by atoms with Crippen LogP contribution in [0.5, 0.6) is 0 Å². The van der Waals surface area contributed by atoms with E-state index in [9.17, 15) is 9.59 Å². The summed E-state index contributed by atoms with van der Waals surface area (Å²) in [6, 6.07) is 16.9. The van der Waals surface area contributed by atoms with Crippen molar-refractivity contribution in [1.29, 1.82) is 0 Å². The van der Waals surface area contributed by atoms with Gasteiger partial charge in [0, 0.05) is 18.0 Å². The molecule has 0 bridgehead atoms. The predicted molar refractivity (Wildman–Crippen MR) is 111 cm³/mol. The number of hydrogen-bond donors (Lipinski definition) is 1. The standard InChI is InChI=1S/C22H22N4O2S/c1-15-6-5-9-17(12-15)20(21(27)23-13-16-7-3-2-4-8-16)26(18-10-11-18)22(28)19-14-29-25-24-19/h2-9,12,14,18,20H,10-11,13H2,1H3,(H,23,27)/t20-/m0/s1. The summed E-state index contributed by atoms with van der Waals surface area (Å²) in [7, 11) is 0. The number of benzene rings is 2. The lowest BCUT2D eigenvalue weighted by Crippen LogP contribution is -2.45. The second-order valence-electron chi connectivity index (χ2n) is 7.25. The van der Waals surface area contributed by atoms with E-state index in [-0.39, 0.29) is 23.6 Å². The quantitative estimate of drug-likeness (QED) is 0.652. The van der Waals surface area contributed by atoms with Gasteiger partial charge < -0.3 is 10.2 Å². The van der Waals surface area contributed by atoms with E-state index < -0.39 is 6.04 Å².